The molecule has 1 aliphatic rings. The Bertz CT molecular complexity index is 917. The van der Waals surface area contributed by atoms with Gasteiger partial charge in [-0.25, -0.2) is 8.78 Å². The molecule has 1 N–H and O–H groups in total. The number of hydrogen-bond donors (Lipinski definition) is 1. The van der Waals surface area contributed by atoms with Crippen LogP contribution in [-0.2, 0) is 6.54 Å². The molecule has 0 saturated heterocycles. The summed E-state index contributed by atoms with van der Waals surface area (Å²) < 4.78 is 29.4. The molecule has 0 amide bonds. The fourth-order valence-electron chi connectivity index (χ4n) is 3.76. The molecule has 1 aromatic heterocycles. The van der Waals surface area contributed by atoms with Crippen molar-refractivity contribution in [1.82, 2.24) is 9.47 Å². The minimum Gasteiger partial charge on any atom is -0.390 e. The number of nitrogens with zero attached hydrogens (tertiary/aromatic N) is 2. The maximum absolute atomic E-state index is 13.8. The number of hydrogen-bond acceptors (Lipinski definition) is 2. The van der Waals surface area contributed by atoms with E-state index in [0.717, 1.165) is 22.8 Å². The molecule has 5 heteroatoms. The van der Waals surface area contributed by atoms with Crippen molar-refractivity contribution in [1.29, 1.82) is 0 Å². The average molecular weight is 344 g/mol. The molecule has 1 aliphatic carbocycles. The van der Waals surface area contributed by atoms with Crippen molar-refractivity contribution in [3.05, 3.63) is 48.0 Å². The van der Waals surface area contributed by atoms with E-state index in [0.29, 0.717) is 24.6 Å². The summed E-state index contributed by atoms with van der Waals surface area (Å²) in [6, 6.07) is 9.69. The van der Waals surface area contributed by atoms with Gasteiger partial charge >= 0.3 is 0 Å². The number of fused-ring (bicyclic) bond motifs is 3. The molecular formula is C20H22F2N2O. The van der Waals surface area contributed by atoms with Crippen LogP contribution in [0.5, 0.6) is 0 Å². The van der Waals surface area contributed by atoms with Crippen LogP contribution in [0.1, 0.15) is 19.8 Å². The minimum atomic E-state index is -0.562. The molecular weight excluding hydrogens is 322 g/mol. The lowest BCUT2D eigenvalue weighted by Gasteiger charge is -2.24. The summed E-state index contributed by atoms with van der Waals surface area (Å²) >= 11 is 0. The van der Waals surface area contributed by atoms with Gasteiger partial charge in [-0.15, -0.1) is 0 Å². The van der Waals surface area contributed by atoms with Crippen molar-refractivity contribution < 1.29 is 13.9 Å². The molecule has 1 atom stereocenters. The fourth-order valence-corrected chi connectivity index (χ4v) is 3.76. The highest BCUT2D eigenvalue weighted by Crippen LogP contribution is 2.31. The number of aliphatic hydroxyl groups is 1. The Balaban J connectivity index is 1.72. The topological polar surface area (TPSA) is 28.4 Å². The van der Waals surface area contributed by atoms with E-state index in [2.05, 4.69) is 11.8 Å². The van der Waals surface area contributed by atoms with Gasteiger partial charge < -0.3 is 9.67 Å². The van der Waals surface area contributed by atoms with Crippen LogP contribution < -0.4 is 0 Å². The van der Waals surface area contributed by atoms with Gasteiger partial charge in [0.2, 0.25) is 0 Å². The van der Waals surface area contributed by atoms with Crippen molar-refractivity contribution in [2.24, 2.45) is 0 Å². The van der Waals surface area contributed by atoms with Crippen LogP contribution in [-0.4, -0.2) is 39.8 Å². The Labute approximate surface area is 145 Å². The first-order chi connectivity index (χ1) is 12.1. The standard InChI is InChI=1S/C20H22F2N2O/c1-2-23(15-5-6-15)11-16(25)12-24-19-8-4-13(21)9-18(19)17-7-3-14(22)10-20(17)24/h3-4,7-10,15-16,25H,2,5-6,11-12H2,1H3. The van der Waals surface area contributed by atoms with Crippen LogP contribution in [0.2, 0.25) is 0 Å². The summed E-state index contributed by atoms with van der Waals surface area (Å²) in [7, 11) is 0. The number of halogens is 2. The van der Waals surface area contributed by atoms with Gasteiger partial charge in [0, 0.05) is 28.9 Å². The predicted octanol–water partition coefficient (Wildman–Crippen LogP) is 3.92. The van der Waals surface area contributed by atoms with E-state index < -0.39 is 6.10 Å². The Kier molecular flexibility index (Phi) is 4.21. The van der Waals surface area contributed by atoms with Gasteiger partial charge in [-0.3, -0.25) is 4.90 Å². The summed E-state index contributed by atoms with van der Waals surface area (Å²) in [6.07, 6.45) is 1.83. The lowest BCUT2D eigenvalue weighted by Crippen LogP contribution is -2.36. The largest absolute Gasteiger partial charge is 0.390 e. The van der Waals surface area contributed by atoms with Gasteiger partial charge in [-0.2, -0.15) is 0 Å². The monoisotopic (exact) mass is 344 g/mol. The molecule has 132 valence electrons. The second-order valence-corrected chi connectivity index (χ2v) is 6.91. The Hall–Kier alpha value is -1.98. The molecule has 0 aliphatic heterocycles. The van der Waals surface area contributed by atoms with Crippen molar-refractivity contribution in [3.63, 3.8) is 0 Å². The number of aromatic nitrogens is 1. The van der Waals surface area contributed by atoms with Gasteiger partial charge in [-0.1, -0.05) is 6.92 Å². The molecule has 0 spiro atoms. The maximum atomic E-state index is 13.8. The second kappa shape index (κ2) is 6.39. The van der Waals surface area contributed by atoms with E-state index in [1.807, 2.05) is 4.57 Å². The van der Waals surface area contributed by atoms with Crippen LogP contribution in [0.25, 0.3) is 21.8 Å². The van der Waals surface area contributed by atoms with Crippen molar-refractivity contribution >= 4 is 21.8 Å². The highest BCUT2D eigenvalue weighted by atomic mass is 19.1. The third kappa shape index (κ3) is 3.14. The van der Waals surface area contributed by atoms with Crippen molar-refractivity contribution in [3.8, 4) is 0 Å². The summed E-state index contributed by atoms with van der Waals surface area (Å²) in [5.74, 6) is -0.651. The average Bonchev–Trinajstić information content (AvgIpc) is 3.39. The first-order valence-electron chi connectivity index (χ1n) is 8.86. The summed E-state index contributed by atoms with van der Waals surface area (Å²) in [5, 5.41) is 12.2. The van der Waals surface area contributed by atoms with Crippen LogP contribution in [0, 0.1) is 11.6 Å². The van der Waals surface area contributed by atoms with Crippen LogP contribution >= 0.6 is 0 Å². The molecule has 0 bridgehead atoms. The Morgan fingerprint density at radius 3 is 2.52 bits per heavy atom. The second-order valence-electron chi connectivity index (χ2n) is 6.91. The molecule has 4 rings (SSSR count). The molecule has 25 heavy (non-hydrogen) atoms. The van der Waals surface area contributed by atoms with E-state index in [1.54, 1.807) is 12.1 Å². The third-order valence-electron chi connectivity index (χ3n) is 5.10. The number of likely N-dealkylation sites (N-methyl/N-ethyl adjacent to an activating group) is 1. The number of aliphatic hydroxyl groups excluding tert-OH is 1. The Morgan fingerprint density at radius 2 is 1.80 bits per heavy atom. The van der Waals surface area contributed by atoms with Crippen molar-refractivity contribution in [2.45, 2.75) is 38.5 Å². The van der Waals surface area contributed by atoms with Crippen LogP contribution in [0.3, 0.4) is 0 Å². The van der Waals surface area contributed by atoms with Crippen molar-refractivity contribution in [2.75, 3.05) is 13.1 Å². The molecule has 0 radical (unpaired) electrons. The molecule has 1 heterocycles. The fraction of sp³-hybridized carbons (Fsp3) is 0.400. The third-order valence-corrected chi connectivity index (χ3v) is 5.10. The quantitative estimate of drug-likeness (QED) is 0.734. The van der Waals surface area contributed by atoms with Gasteiger partial charge in [0.25, 0.3) is 0 Å². The van der Waals surface area contributed by atoms with Crippen LogP contribution in [0.15, 0.2) is 36.4 Å². The maximum Gasteiger partial charge on any atom is 0.125 e. The van der Waals surface area contributed by atoms with Gasteiger partial charge in [-0.05, 0) is 55.8 Å². The lowest BCUT2D eigenvalue weighted by molar-refractivity contribution is 0.0987. The van der Waals surface area contributed by atoms with E-state index in [-0.39, 0.29) is 11.6 Å². The van der Waals surface area contributed by atoms with Gasteiger partial charge in [0.15, 0.2) is 0 Å². The SMILES string of the molecule is CCN(CC(O)Cn1c2ccc(F)cc2c2ccc(F)cc21)C1CC1. The van der Waals surface area contributed by atoms with E-state index in [4.69, 9.17) is 0 Å². The zero-order valence-corrected chi connectivity index (χ0v) is 14.3. The Morgan fingerprint density at radius 1 is 1.08 bits per heavy atom. The summed E-state index contributed by atoms with van der Waals surface area (Å²) in [4.78, 5) is 2.29. The zero-order valence-electron chi connectivity index (χ0n) is 14.3. The smallest absolute Gasteiger partial charge is 0.125 e. The lowest BCUT2D eigenvalue weighted by atomic mass is 10.1. The molecule has 1 saturated carbocycles. The number of benzene rings is 2. The van der Waals surface area contributed by atoms with E-state index in [9.17, 15) is 13.9 Å². The predicted molar refractivity (Wildman–Crippen MR) is 95.6 cm³/mol. The molecule has 1 fully saturated rings. The normalized spacial score (nSPS) is 16.2. The molecule has 2 aromatic carbocycles. The minimum absolute atomic E-state index is 0.317. The first kappa shape index (κ1) is 16.5. The first-order valence-corrected chi connectivity index (χ1v) is 8.86. The number of rotatable bonds is 6. The molecule has 3 aromatic rings. The zero-order chi connectivity index (χ0) is 17.6. The van der Waals surface area contributed by atoms with Gasteiger partial charge in [0.05, 0.1) is 18.2 Å². The van der Waals surface area contributed by atoms with E-state index in [1.165, 1.54) is 37.1 Å². The van der Waals surface area contributed by atoms with Gasteiger partial charge in [0.1, 0.15) is 11.6 Å². The highest BCUT2D eigenvalue weighted by molar-refractivity contribution is 6.08. The summed E-state index contributed by atoms with van der Waals surface area (Å²) in [6.45, 7) is 3.97. The highest BCUT2D eigenvalue weighted by Gasteiger charge is 2.29. The molecule has 3 nitrogen and oxygen atoms in total. The summed E-state index contributed by atoms with van der Waals surface area (Å²) in [5.41, 5.74) is 1.50. The van der Waals surface area contributed by atoms with E-state index >= 15 is 0 Å². The molecule has 1 unspecified atom stereocenters. The van der Waals surface area contributed by atoms with Crippen LogP contribution in [0.4, 0.5) is 8.78 Å².